The van der Waals surface area contributed by atoms with Crippen molar-refractivity contribution in [2.24, 2.45) is 0 Å². The molecule has 0 fully saturated rings. The van der Waals surface area contributed by atoms with E-state index in [0.717, 1.165) is 10.3 Å². The normalized spacial score (nSPS) is 10.2. The molecule has 4 nitrogen and oxygen atoms in total. The number of carboxylic acid groups (broad SMARTS) is 1. The average Bonchev–Trinajstić information content (AvgIpc) is 2.27. The van der Waals surface area contributed by atoms with Crippen LogP contribution in [0.25, 0.3) is 10.9 Å². The molecule has 2 rings (SSSR count). The van der Waals surface area contributed by atoms with Crippen molar-refractivity contribution in [3.8, 4) is 0 Å². The van der Waals surface area contributed by atoms with Gasteiger partial charge in [-0.1, -0.05) is 18.2 Å². The van der Waals surface area contributed by atoms with Gasteiger partial charge >= 0.3 is 6.09 Å². The Morgan fingerprint density at radius 3 is 2.80 bits per heavy atom. The number of hydrogen-bond donors (Lipinski definition) is 1. The Hall–Kier alpha value is -2.10. The van der Waals surface area contributed by atoms with Crippen molar-refractivity contribution in [1.82, 2.24) is 4.98 Å². The summed E-state index contributed by atoms with van der Waals surface area (Å²) in [6.07, 6.45) is 0.662. The molecule has 0 aliphatic carbocycles. The van der Waals surface area contributed by atoms with Crippen LogP contribution in [-0.4, -0.2) is 23.2 Å². The number of pyridine rings is 1. The van der Waals surface area contributed by atoms with Crippen LogP contribution in [0, 0.1) is 0 Å². The van der Waals surface area contributed by atoms with Crippen molar-refractivity contribution in [1.29, 1.82) is 0 Å². The van der Waals surface area contributed by atoms with Gasteiger partial charge in [-0.05, 0) is 12.1 Å². The lowest BCUT2D eigenvalue weighted by Crippen LogP contribution is -2.24. The van der Waals surface area contributed by atoms with E-state index in [0.29, 0.717) is 11.2 Å². The van der Waals surface area contributed by atoms with Gasteiger partial charge in [-0.3, -0.25) is 9.88 Å². The summed E-state index contributed by atoms with van der Waals surface area (Å²) >= 11 is 0. The van der Waals surface area contributed by atoms with E-state index in [-0.39, 0.29) is 0 Å². The minimum absolute atomic E-state index is 0.598. The minimum atomic E-state index is -0.992. The van der Waals surface area contributed by atoms with Crippen LogP contribution in [0.4, 0.5) is 10.5 Å². The molecule has 15 heavy (non-hydrogen) atoms. The fourth-order valence-corrected chi connectivity index (χ4v) is 1.46. The van der Waals surface area contributed by atoms with Gasteiger partial charge in [0.05, 0.1) is 11.2 Å². The molecule has 2 aromatic rings. The van der Waals surface area contributed by atoms with E-state index < -0.39 is 6.09 Å². The minimum Gasteiger partial charge on any atom is -0.465 e. The van der Waals surface area contributed by atoms with Crippen molar-refractivity contribution in [2.45, 2.75) is 0 Å². The molecule has 4 heteroatoms. The predicted molar refractivity (Wildman–Crippen MR) is 58.2 cm³/mol. The van der Waals surface area contributed by atoms with Crippen molar-refractivity contribution in [3.05, 3.63) is 36.5 Å². The summed E-state index contributed by atoms with van der Waals surface area (Å²) in [4.78, 5) is 16.2. The highest BCUT2D eigenvalue weighted by molar-refractivity contribution is 5.98. The second-order valence-corrected chi connectivity index (χ2v) is 3.19. The fourth-order valence-electron chi connectivity index (χ4n) is 1.46. The number of nitrogens with zero attached hydrogens (tertiary/aromatic N) is 2. The lowest BCUT2D eigenvalue weighted by molar-refractivity contribution is 0.203. The van der Waals surface area contributed by atoms with Crippen molar-refractivity contribution < 1.29 is 9.90 Å². The van der Waals surface area contributed by atoms with Crippen LogP contribution in [0.3, 0.4) is 0 Å². The molecular formula is C11H10N2O2. The number of benzene rings is 1. The molecule has 0 aliphatic rings. The lowest BCUT2D eigenvalue weighted by atomic mass is 10.2. The Bertz CT molecular complexity index is 505. The largest absolute Gasteiger partial charge is 0.465 e. The molecule has 0 spiro atoms. The smallest absolute Gasteiger partial charge is 0.411 e. The summed E-state index contributed by atoms with van der Waals surface area (Å²) in [5.74, 6) is 0. The Labute approximate surface area is 86.8 Å². The molecule has 0 saturated carbocycles. The number of fused-ring (bicyclic) bond motifs is 1. The van der Waals surface area contributed by atoms with Crippen LogP contribution in [0.1, 0.15) is 0 Å². The molecule has 0 bridgehead atoms. The molecule has 1 N–H and O–H groups in total. The Balaban J connectivity index is 2.65. The number of hydrogen-bond acceptors (Lipinski definition) is 2. The number of para-hydroxylation sites is 1. The SMILES string of the molecule is CN(C(=O)O)c1cccc2cccnc12. The van der Waals surface area contributed by atoms with E-state index >= 15 is 0 Å². The van der Waals surface area contributed by atoms with Crippen molar-refractivity contribution >= 4 is 22.7 Å². The van der Waals surface area contributed by atoms with Crippen LogP contribution < -0.4 is 4.90 Å². The van der Waals surface area contributed by atoms with Gasteiger partial charge in [-0.2, -0.15) is 0 Å². The second-order valence-electron chi connectivity index (χ2n) is 3.19. The van der Waals surface area contributed by atoms with Crippen molar-refractivity contribution in [2.75, 3.05) is 11.9 Å². The zero-order chi connectivity index (χ0) is 10.8. The first-order chi connectivity index (χ1) is 7.20. The maximum absolute atomic E-state index is 10.8. The van der Waals surface area contributed by atoms with Crippen LogP contribution in [-0.2, 0) is 0 Å². The van der Waals surface area contributed by atoms with E-state index in [4.69, 9.17) is 5.11 Å². The van der Waals surface area contributed by atoms with Gasteiger partial charge in [-0.25, -0.2) is 4.79 Å². The third-order valence-corrected chi connectivity index (χ3v) is 2.26. The van der Waals surface area contributed by atoms with Gasteiger partial charge in [0.1, 0.15) is 0 Å². The Morgan fingerprint density at radius 2 is 2.07 bits per heavy atom. The maximum atomic E-state index is 10.8. The quantitative estimate of drug-likeness (QED) is 0.772. The van der Waals surface area contributed by atoms with Crippen molar-refractivity contribution in [3.63, 3.8) is 0 Å². The number of rotatable bonds is 1. The maximum Gasteiger partial charge on any atom is 0.411 e. The Kier molecular flexibility index (Phi) is 2.25. The van der Waals surface area contributed by atoms with E-state index in [1.165, 1.54) is 7.05 Å². The summed E-state index contributed by atoms with van der Waals surface area (Å²) in [5, 5.41) is 9.83. The molecule has 0 atom stereocenters. The predicted octanol–water partition coefficient (Wildman–Crippen LogP) is 2.35. The van der Waals surface area contributed by atoms with Gasteiger partial charge in [0.2, 0.25) is 0 Å². The first-order valence-electron chi connectivity index (χ1n) is 4.50. The summed E-state index contributed by atoms with van der Waals surface area (Å²) in [7, 11) is 1.51. The second kappa shape index (κ2) is 3.57. The summed E-state index contributed by atoms with van der Waals surface area (Å²) in [5.41, 5.74) is 1.30. The first kappa shape index (κ1) is 9.45. The van der Waals surface area contributed by atoms with Crippen LogP contribution >= 0.6 is 0 Å². The molecule has 76 valence electrons. The zero-order valence-corrected chi connectivity index (χ0v) is 8.21. The monoisotopic (exact) mass is 202 g/mol. The third kappa shape index (κ3) is 1.61. The van der Waals surface area contributed by atoms with E-state index in [1.54, 1.807) is 12.3 Å². The molecule has 1 heterocycles. The van der Waals surface area contributed by atoms with Crippen LogP contribution in [0.2, 0.25) is 0 Å². The first-order valence-corrected chi connectivity index (χ1v) is 4.50. The molecule has 0 saturated heterocycles. The van der Waals surface area contributed by atoms with Crippen LogP contribution in [0.5, 0.6) is 0 Å². The zero-order valence-electron chi connectivity index (χ0n) is 8.21. The van der Waals surface area contributed by atoms with Gasteiger partial charge in [0, 0.05) is 18.6 Å². The summed E-state index contributed by atoms with van der Waals surface area (Å²) in [6, 6.07) is 9.19. The van der Waals surface area contributed by atoms with Crippen LogP contribution in [0.15, 0.2) is 36.5 Å². The number of carbonyl (C=O) groups is 1. The Morgan fingerprint density at radius 1 is 1.33 bits per heavy atom. The fraction of sp³-hybridized carbons (Fsp3) is 0.0909. The molecular weight excluding hydrogens is 192 g/mol. The van der Waals surface area contributed by atoms with Gasteiger partial charge in [0.25, 0.3) is 0 Å². The molecule has 0 unspecified atom stereocenters. The van der Waals surface area contributed by atoms with E-state index in [1.807, 2.05) is 24.3 Å². The third-order valence-electron chi connectivity index (χ3n) is 2.26. The van der Waals surface area contributed by atoms with Gasteiger partial charge in [0.15, 0.2) is 0 Å². The average molecular weight is 202 g/mol. The topological polar surface area (TPSA) is 53.4 Å². The summed E-state index contributed by atoms with van der Waals surface area (Å²) < 4.78 is 0. The van der Waals surface area contributed by atoms with E-state index in [9.17, 15) is 4.79 Å². The molecule has 1 aromatic heterocycles. The molecule has 1 aromatic carbocycles. The highest BCUT2D eigenvalue weighted by atomic mass is 16.4. The number of aromatic nitrogens is 1. The highest BCUT2D eigenvalue weighted by Gasteiger charge is 2.11. The number of anilines is 1. The number of amides is 1. The van der Waals surface area contributed by atoms with E-state index in [2.05, 4.69) is 4.98 Å². The standard InChI is InChI=1S/C11H10N2O2/c1-13(11(14)15)9-6-2-4-8-5-3-7-12-10(8)9/h2-7H,1H3,(H,14,15). The molecule has 0 aliphatic heterocycles. The van der Waals surface area contributed by atoms with Gasteiger partial charge in [-0.15, -0.1) is 0 Å². The van der Waals surface area contributed by atoms with Gasteiger partial charge < -0.3 is 5.11 Å². The summed E-state index contributed by atoms with van der Waals surface area (Å²) in [6.45, 7) is 0. The molecule has 1 amide bonds. The molecule has 0 radical (unpaired) electrons. The highest BCUT2D eigenvalue weighted by Crippen LogP contribution is 2.23. The lowest BCUT2D eigenvalue weighted by Gasteiger charge is -2.14.